The summed E-state index contributed by atoms with van der Waals surface area (Å²) >= 11 is 1.34. The van der Waals surface area contributed by atoms with Crippen molar-refractivity contribution in [2.45, 2.75) is 50.5 Å². The van der Waals surface area contributed by atoms with Gasteiger partial charge in [-0.3, -0.25) is 4.79 Å². The molecule has 3 rings (SSSR count). The van der Waals surface area contributed by atoms with Gasteiger partial charge in [0.15, 0.2) is 0 Å². The normalized spacial score (nSPS) is 17.0. The fourth-order valence-corrected chi connectivity index (χ4v) is 4.11. The number of carbonyl (C=O) groups excluding carboxylic acids is 1. The van der Waals surface area contributed by atoms with E-state index < -0.39 is 0 Å². The Morgan fingerprint density at radius 2 is 1.86 bits per heavy atom. The topological polar surface area (TPSA) is 63.7 Å². The molecule has 1 aromatic carbocycles. The van der Waals surface area contributed by atoms with Crippen molar-refractivity contribution in [2.75, 3.05) is 32.7 Å². The van der Waals surface area contributed by atoms with Crippen LogP contribution in [0.15, 0.2) is 33.9 Å². The zero-order valence-electron chi connectivity index (χ0n) is 17.5. The van der Waals surface area contributed by atoms with Gasteiger partial charge in [-0.15, -0.1) is 10.2 Å². The largest absolute Gasteiger partial charge is 0.411 e. The Labute approximate surface area is 171 Å². The zero-order valence-corrected chi connectivity index (χ0v) is 18.3. The van der Waals surface area contributed by atoms with Crippen molar-refractivity contribution in [3.63, 3.8) is 0 Å². The first-order chi connectivity index (χ1) is 13.3. The van der Waals surface area contributed by atoms with Gasteiger partial charge in [-0.1, -0.05) is 44.7 Å². The molecular formula is C21H31N4O2S+. The maximum atomic E-state index is 12.7. The molecule has 1 N–H and O–H groups in total. The third-order valence-corrected chi connectivity index (χ3v) is 6.23. The molecule has 1 atom stereocenters. The van der Waals surface area contributed by atoms with Gasteiger partial charge in [0.2, 0.25) is 11.8 Å². The number of nitrogens with zero attached hydrogens (tertiary/aromatic N) is 3. The molecule has 7 heteroatoms. The number of amides is 1. The maximum absolute atomic E-state index is 12.7. The van der Waals surface area contributed by atoms with Gasteiger partial charge in [0.05, 0.1) is 38.0 Å². The van der Waals surface area contributed by atoms with Crippen LogP contribution >= 0.6 is 11.8 Å². The van der Waals surface area contributed by atoms with Crippen LogP contribution in [0.1, 0.15) is 40.2 Å². The van der Waals surface area contributed by atoms with E-state index in [1.54, 1.807) is 4.90 Å². The number of piperazine rings is 1. The fraction of sp³-hybridized carbons (Fsp3) is 0.571. The second-order valence-electron chi connectivity index (χ2n) is 8.39. The van der Waals surface area contributed by atoms with E-state index in [9.17, 15) is 4.79 Å². The Hall–Kier alpha value is -1.86. The quantitative estimate of drug-likeness (QED) is 0.776. The van der Waals surface area contributed by atoms with Crippen LogP contribution in [0, 0.1) is 0 Å². The Bertz CT molecular complexity index is 789. The zero-order chi connectivity index (χ0) is 20.3. The lowest BCUT2D eigenvalue weighted by Gasteiger charge is -2.32. The molecule has 1 fully saturated rings. The average molecular weight is 404 g/mol. The van der Waals surface area contributed by atoms with Gasteiger partial charge in [-0.2, -0.15) is 0 Å². The monoisotopic (exact) mass is 403 g/mol. The van der Waals surface area contributed by atoms with E-state index in [1.807, 2.05) is 24.0 Å². The first-order valence-corrected chi connectivity index (χ1v) is 10.9. The molecule has 0 aliphatic carbocycles. The highest BCUT2D eigenvalue weighted by Gasteiger charge is 2.28. The SMILES string of the molecule is CC[NH+]1CCN(C(=O)[C@H](C)Sc2nnc(-c3ccc(C(C)(C)C)cc3)o2)CC1. The Balaban J connectivity index is 1.60. The van der Waals surface area contributed by atoms with E-state index >= 15 is 0 Å². The lowest BCUT2D eigenvalue weighted by atomic mass is 9.87. The average Bonchev–Trinajstić information content (AvgIpc) is 3.15. The maximum Gasteiger partial charge on any atom is 0.277 e. The standard InChI is InChI=1S/C21H30N4O2S/c1-6-24-11-13-25(14-12-24)19(26)15(2)28-20-23-22-18(27-20)16-7-9-17(10-8-16)21(3,4)5/h7-10,15H,6,11-14H2,1-5H3/p+1/t15-/m0/s1. The molecule has 152 valence electrons. The molecule has 2 aromatic rings. The minimum absolute atomic E-state index is 0.105. The molecule has 6 nitrogen and oxygen atoms in total. The first kappa shape index (κ1) is 20.9. The molecule has 28 heavy (non-hydrogen) atoms. The van der Waals surface area contributed by atoms with Crippen molar-refractivity contribution in [2.24, 2.45) is 0 Å². The summed E-state index contributed by atoms with van der Waals surface area (Å²) in [6.07, 6.45) is 0. The predicted molar refractivity (Wildman–Crippen MR) is 112 cm³/mol. The van der Waals surface area contributed by atoms with Crippen LogP contribution in [0.5, 0.6) is 0 Å². The minimum Gasteiger partial charge on any atom is -0.411 e. The number of thioether (sulfide) groups is 1. The highest BCUT2D eigenvalue weighted by molar-refractivity contribution is 8.00. The molecule has 2 heterocycles. The van der Waals surface area contributed by atoms with Crippen molar-refractivity contribution in [3.05, 3.63) is 29.8 Å². The molecule has 0 unspecified atom stereocenters. The number of aromatic nitrogens is 2. The first-order valence-electron chi connectivity index (χ1n) is 10.0. The van der Waals surface area contributed by atoms with Gasteiger partial charge in [0.1, 0.15) is 0 Å². The molecule has 0 bridgehead atoms. The smallest absolute Gasteiger partial charge is 0.277 e. The molecule has 1 aliphatic heterocycles. The summed E-state index contributed by atoms with van der Waals surface area (Å²) in [5.74, 6) is 0.636. The van der Waals surface area contributed by atoms with Crippen LogP contribution < -0.4 is 4.90 Å². The summed E-state index contributed by atoms with van der Waals surface area (Å²) in [5, 5.41) is 8.49. The van der Waals surface area contributed by atoms with Crippen molar-refractivity contribution >= 4 is 17.7 Å². The lowest BCUT2D eigenvalue weighted by molar-refractivity contribution is -0.902. The molecule has 1 aliphatic rings. The molecule has 1 aromatic heterocycles. The number of hydrogen-bond donors (Lipinski definition) is 1. The number of likely N-dealkylation sites (N-methyl/N-ethyl adjacent to an activating group) is 1. The molecule has 1 amide bonds. The van der Waals surface area contributed by atoms with Crippen molar-refractivity contribution in [3.8, 4) is 11.5 Å². The summed E-state index contributed by atoms with van der Waals surface area (Å²) in [5.41, 5.74) is 2.26. The van der Waals surface area contributed by atoms with Gasteiger partial charge >= 0.3 is 0 Å². The number of rotatable bonds is 5. The van der Waals surface area contributed by atoms with Crippen LogP contribution in [0.3, 0.4) is 0 Å². The van der Waals surface area contributed by atoms with Crippen LogP contribution in [0.2, 0.25) is 0 Å². The second-order valence-corrected chi connectivity index (χ2v) is 9.68. The van der Waals surface area contributed by atoms with Gasteiger partial charge in [-0.25, -0.2) is 0 Å². The lowest BCUT2D eigenvalue weighted by Crippen LogP contribution is -3.14. The van der Waals surface area contributed by atoms with E-state index in [-0.39, 0.29) is 16.6 Å². The predicted octanol–water partition coefficient (Wildman–Crippen LogP) is 2.26. The number of benzene rings is 1. The molecule has 0 radical (unpaired) electrons. The van der Waals surface area contributed by atoms with Gasteiger partial charge in [0, 0.05) is 5.56 Å². The number of hydrogen-bond acceptors (Lipinski definition) is 5. The van der Waals surface area contributed by atoms with Crippen molar-refractivity contribution in [1.82, 2.24) is 15.1 Å². The number of carbonyl (C=O) groups is 1. The fourth-order valence-electron chi connectivity index (χ4n) is 3.34. The van der Waals surface area contributed by atoms with Gasteiger partial charge in [-0.05, 0) is 37.0 Å². The van der Waals surface area contributed by atoms with Crippen molar-refractivity contribution in [1.29, 1.82) is 0 Å². The molecular weight excluding hydrogens is 372 g/mol. The summed E-state index contributed by atoms with van der Waals surface area (Å²) in [7, 11) is 0. The Morgan fingerprint density at radius 3 is 2.43 bits per heavy atom. The molecule has 0 spiro atoms. The number of nitrogens with one attached hydrogen (secondary N) is 1. The Morgan fingerprint density at radius 1 is 1.21 bits per heavy atom. The molecule has 1 saturated heterocycles. The summed E-state index contributed by atoms with van der Waals surface area (Å²) < 4.78 is 5.80. The van der Waals surface area contributed by atoms with Gasteiger partial charge in [0.25, 0.3) is 5.22 Å². The third kappa shape index (κ3) is 4.94. The van der Waals surface area contributed by atoms with E-state index in [2.05, 4.69) is 50.0 Å². The van der Waals surface area contributed by atoms with Crippen LogP contribution in [0.4, 0.5) is 0 Å². The summed E-state index contributed by atoms with van der Waals surface area (Å²) in [4.78, 5) is 16.2. The van der Waals surface area contributed by atoms with Gasteiger partial charge < -0.3 is 14.2 Å². The Kier molecular flexibility index (Phi) is 6.45. The highest BCUT2D eigenvalue weighted by atomic mass is 32.2. The van der Waals surface area contributed by atoms with E-state index in [0.717, 1.165) is 38.3 Å². The summed E-state index contributed by atoms with van der Waals surface area (Å²) in [6, 6.07) is 8.20. The van der Waals surface area contributed by atoms with Crippen LogP contribution in [0.25, 0.3) is 11.5 Å². The number of quaternary nitrogens is 1. The molecule has 0 saturated carbocycles. The minimum atomic E-state index is -0.236. The van der Waals surface area contributed by atoms with Crippen molar-refractivity contribution < 1.29 is 14.1 Å². The van der Waals surface area contributed by atoms with Crippen LogP contribution in [-0.2, 0) is 10.2 Å². The summed E-state index contributed by atoms with van der Waals surface area (Å²) in [6.45, 7) is 15.5. The second kappa shape index (κ2) is 8.66. The highest BCUT2D eigenvalue weighted by Crippen LogP contribution is 2.29. The van der Waals surface area contributed by atoms with E-state index in [1.165, 1.54) is 17.3 Å². The van der Waals surface area contributed by atoms with E-state index in [4.69, 9.17) is 4.42 Å². The van der Waals surface area contributed by atoms with Crippen LogP contribution in [-0.4, -0.2) is 59.0 Å². The third-order valence-electron chi connectivity index (χ3n) is 5.31. The van der Waals surface area contributed by atoms with E-state index in [0.29, 0.717) is 11.1 Å².